The predicted octanol–water partition coefficient (Wildman–Crippen LogP) is 0.983. The van der Waals surface area contributed by atoms with E-state index in [0.29, 0.717) is 6.42 Å². The Morgan fingerprint density at radius 1 is 1.79 bits per heavy atom. The third-order valence-corrected chi connectivity index (χ3v) is 2.23. The molecule has 0 amide bonds. The molecule has 5 heteroatoms. The number of halogens is 1. The SMILES string of the molecule is CCC(C)(F)C(=O)OC1CCOC1=O. The summed E-state index contributed by atoms with van der Waals surface area (Å²) >= 11 is 0. The summed E-state index contributed by atoms with van der Waals surface area (Å²) in [6, 6.07) is 0. The van der Waals surface area contributed by atoms with E-state index in [1.165, 1.54) is 6.92 Å². The number of hydrogen-bond acceptors (Lipinski definition) is 4. The van der Waals surface area contributed by atoms with Gasteiger partial charge in [-0.1, -0.05) is 6.92 Å². The second-order valence-corrected chi connectivity index (χ2v) is 3.40. The van der Waals surface area contributed by atoms with E-state index in [1.54, 1.807) is 0 Å². The maximum Gasteiger partial charge on any atom is 0.347 e. The summed E-state index contributed by atoms with van der Waals surface area (Å²) < 4.78 is 22.6. The van der Waals surface area contributed by atoms with Crippen LogP contribution in [0.4, 0.5) is 4.39 Å². The normalized spacial score (nSPS) is 25.4. The zero-order chi connectivity index (χ0) is 10.8. The average Bonchev–Trinajstić information content (AvgIpc) is 2.52. The highest BCUT2D eigenvalue weighted by atomic mass is 19.1. The zero-order valence-electron chi connectivity index (χ0n) is 8.21. The molecule has 0 N–H and O–H groups in total. The predicted molar refractivity (Wildman–Crippen MR) is 45.3 cm³/mol. The Kier molecular flexibility index (Phi) is 3.08. The van der Waals surface area contributed by atoms with Gasteiger partial charge >= 0.3 is 11.9 Å². The Hall–Kier alpha value is -1.13. The molecule has 2 unspecified atom stereocenters. The average molecular weight is 204 g/mol. The maximum atomic E-state index is 13.4. The Morgan fingerprint density at radius 2 is 2.43 bits per heavy atom. The highest BCUT2D eigenvalue weighted by molar-refractivity contribution is 5.84. The molecule has 0 aliphatic carbocycles. The van der Waals surface area contributed by atoms with E-state index in [0.717, 1.165) is 6.92 Å². The molecule has 0 bridgehead atoms. The Morgan fingerprint density at radius 3 is 2.86 bits per heavy atom. The van der Waals surface area contributed by atoms with Crippen LogP contribution in [0.3, 0.4) is 0 Å². The van der Waals surface area contributed by atoms with Gasteiger partial charge in [0.2, 0.25) is 11.8 Å². The number of alkyl halides is 1. The molecule has 0 aromatic heterocycles. The quantitative estimate of drug-likeness (QED) is 0.643. The highest BCUT2D eigenvalue weighted by Crippen LogP contribution is 2.20. The molecular weight excluding hydrogens is 191 g/mol. The fourth-order valence-corrected chi connectivity index (χ4v) is 0.981. The first-order chi connectivity index (χ1) is 6.47. The van der Waals surface area contributed by atoms with Gasteiger partial charge in [-0.2, -0.15) is 0 Å². The molecule has 1 rings (SSSR count). The van der Waals surface area contributed by atoms with Crippen molar-refractivity contribution < 1.29 is 23.5 Å². The molecule has 1 fully saturated rings. The maximum absolute atomic E-state index is 13.4. The lowest BCUT2D eigenvalue weighted by Crippen LogP contribution is -2.35. The van der Waals surface area contributed by atoms with Crippen LogP contribution in [-0.2, 0) is 19.1 Å². The van der Waals surface area contributed by atoms with Gasteiger partial charge in [0.1, 0.15) is 0 Å². The van der Waals surface area contributed by atoms with E-state index in [9.17, 15) is 14.0 Å². The van der Waals surface area contributed by atoms with E-state index in [2.05, 4.69) is 4.74 Å². The van der Waals surface area contributed by atoms with E-state index in [1.807, 2.05) is 0 Å². The molecule has 0 aromatic carbocycles. The minimum atomic E-state index is -2.02. The molecule has 1 saturated heterocycles. The fraction of sp³-hybridized carbons (Fsp3) is 0.778. The molecule has 0 aromatic rings. The number of ether oxygens (including phenoxy) is 2. The molecule has 2 atom stereocenters. The molecule has 1 aliphatic heterocycles. The number of rotatable bonds is 3. The van der Waals surface area contributed by atoms with Crippen LogP contribution in [0, 0.1) is 0 Å². The van der Waals surface area contributed by atoms with Crippen molar-refractivity contribution in [3.8, 4) is 0 Å². The van der Waals surface area contributed by atoms with Crippen LogP contribution in [0.25, 0.3) is 0 Å². The molecule has 4 nitrogen and oxygen atoms in total. The molecule has 0 radical (unpaired) electrons. The first-order valence-electron chi connectivity index (χ1n) is 4.54. The number of esters is 2. The minimum absolute atomic E-state index is 0.0214. The van der Waals surface area contributed by atoms with Crippen molar-refractivity contribution in [2.45, 2.75) is 38.5 Å². The number of carbonyl (C=O) groups excluding carboxylic acids is 2. The van der Waals surface area contributed by atoms with Gasteiger partial charge in [0.15, 0.2) is 0 Å². The Balaban J connectivity index is 2.52. The zero-order valence-corrected chi connectivity index (χ0v) is 8.21. The molecule has 0 saturated carbocycles. The number of cyclic esters (lactones) is 1. The third-order valence-electron chi connectivity index (χ3n) is 2.23. The molecule has 14 heavy (non-hydrogen) atoms. The molecule has 1 heterocycles. The lowest BCUT2D eigenvalue weighted by atomic mass is 10.1. The van der Waals surface area contributed by atoms with Crippen molar-refractivity contribution in [1.29, 1.82) is 0 Å². The largest absolute Gasteiger partial charge is 0.463 e. The summed E-state index contributed by atoms with van der Waals surface area (Å²) in [5.74, 6) is -1.59. The van der Waals surface area contributed by atoms with Crippen molar-refractivity contribution in [2.24, 2.45) is 0 Å². The van der Waals surface area contributed by atoms with Crippen molar-refractivity contribution in [2.75, 3.05) is 6.61 Å². The van der Waals surface area contributed by atoms with Gasteiger partial charge in [-0.05, 0) is 13.3 Å². The number of hydrogen-bond donors (Lipinski definition) is 0. The van der Waals surface area contributed by atoms with E-state index in [4.69, 9.17) is 4.74 Å². The first-order valence-corrected chi connectivity index (χ1v) is 4.54. The Labute approximate surface area is 81.4 Å². The molecule has 0 spiro atoms. The second kappa shape index (κ2) is 3.94. The van der Waals surface area contributed by atoms with E-state index < -0.39 is 23.7 Å². The van der Waals surface area contributed by atoms with Gasteiger partial charge < -0.3 is 9.47 Å². The summed E-state index contributed by atoms with van der Waals surface area (Å²) in [7, 11) is 0. The Bertz CT molecular complexity index is 249. The standard InChI is InChI=1S/C9H13FO4/c1-3-9(2,10)8(12)14-6-4-5-13-7(6)11/h6H,3-5H2,1-2H3. The molecular formula is C9H13FO4. The van der Waals surface area contributed by atoms with Crippen molar-refractivity contribution in [3.63, 3.8) is 0 Å². The highest BCUT2D eigenvalue weighted by Gasteiger charge is 2.38. The topological polar surface area (TPSA) is 52.6 Å². The third kappa shape index (κ3) is 2.21. The minimum Gasteiger partial charge on any atom is -0.463 e. The van der Waals surface area contributed by atoms with Crippen LogP contribution in [-0.4, -0.2) is 30.3 Å². The fourth-order valence-electron chi connectivity index (χ4n) is 0.981. The van der Waals surface area contributed by atoms with Gasteiger partial charge in [0.05, 0.1) is 6.61 Å². The van der Waals surface area contributed by atoms with Crippen LogP contribution in [0.1, 0.15) is 26.7 Å². The summed E-state index contributed by atoms with van der Waals surface area (Å²) in [6.07, 6.45) is -0.595. The summed E-state index contributed by atoms with van der Waals surface area (Å²) in [4.78, 5) is 22.1. The lowest BCUT2D eigenvalue weighted by Gasteiger charge is -2.18. The number of carbonyl (C=O) groups is 2. The van der Waals surface area contributed by atoms with Crippen LogP contribution in [0.2, 0.25) is 0 Å². The van der Waals surface area contributed by atoms with Crippen molar-refractivity contribution in [1.82, 2.24) is 0 Å². The van der Waals surface area contributed by atoms with Gasteiger partial charge in [-0.25, -0.2) is 14.0 Å². The lowest BCUT2D eigenvalue weighted by molar-refractivity contribution is -0.169. The smallest absolute Gasteiger partial charge is 0.347 e. The molecule has 80 valence electrons. The van der Waals surface area contributed by atoms with Crippen LogP contribution in [0.5, 0.6) is 0 Å². The van der Waals surface area contributed by atoms with E-state index >= 15 is 0 Å². The van der Waals surface area contributed by atoms with Crippen molar-refractivity contribution >= 4 is 11.9 Å². The monoisotopic (exact) mass is 204 g/mol. The second-order valence-electron chi connectivity index (χ2n) is 3.40. The van der Waals surface area contributed by atoms with Gasteiger partial charge in [-0.3, -0.25) is 0 Å². The van der Waals surface area contributed by atoms with E-state index in [-0.39, 0.29) is 13.0 Å². The van der Waals surface area contributed by atoms with Crippen LogP contribution in [0.15, 0.2) is 0 Å². The summed E-state index contributed by atoms with van der Waals surface area (Å²) in [5.41, 5.74) is -2.02. The van der Waals surface area contributed by atoms with Crippen molar-refractivity contribution in [3.05, 3.63) is 0 Å². The molecule has 1 aliphatic rings. The summed E-state index contributed by atoms with van der Waals surface area (Å²) in [6.45, 7) is 2.90. The van der Waals surface area contributed by atoms with Gasteiger partial charge in [0.25, 0.3) is 0 Å². The van der Waals surface area contributed by atoms with Crippen LogP contribution < -0.4 is 0 Å². The summed E-state index contributed by atoms with van der Waals surface area (Å²) in [5, 5.41) is 0. The van der Waals surface area contributed by atoms with Crippen LogP contribution >= 0.6 is 0 Å². The first kappa shape index (κ1) is 10.9. The van der Waals surface area contributed by atoms with Gasteiger partial charge in [-0.15, -0.1) is 0 Å². The van der Waals surface area contributed by atoms with Gasteiger partial charge in [0, 0.05) is 6.42 Å².